The fraction of sp³-hybridized carbons (Fsp3) is 0.231. The maximum Gasteiger partial charge on any atom is 0.257 e. The highest BCUT2D eigenvalue weighted by Crippen LogP contribution is 2.16. The summed E-state index contributed by atoms with van der Waals surface area (Å²) in [5, 5.41) is 5.29. The molecule has 4 heteroatoms. The number of amides is 1. The number of hydrogen-bond acceptors (Lipinski definition) is 3. The first-order valence-electron chi connectivity index (χ1n) is 5.51. The minimum absolute atomic E-state index is 0.0829. The monoisotopic (exact) mass is 246 g/mol. The van der Waals surface area contributed by atoms with E-state index in [2.05, 4.69) is 10.3 Å². The van der Waals surface area contributed by atoms with E-state index >= 15 is 0 Å². The van der Waals surface area contributed by atoms with E-state index < -0.39 is 0 Å². The highest BCUT2D eigenvalue weighted by atomic mass is 32.1. The van der Waals surface area contributed by atoms with E-state index in [9.17, 15) is 4.79 Å². The lowest BCUT2D eigenvalue weighted by molar-refractivity contribution is 0.102. The summed E-state index contributed by atoms with van der Waals surface area (Å²) in [5.41, 5.74) is 2.89. The van der Waals surface area contributed by atoms with Gasteiger partial charge < -0.3 is 0 Å². The second-order valence-electron chi connectivity index (χ2n) is 3.81. The lowest BCUT2D eigenvalue weighted by atomic mass is 10.0. The van der Waals surface area contributed by atoms with Crippen LogP contribution in [0, 0.1) is 6.92 Å². The predicted octanol–water partition coefficient (Wildman–Crippen LogP) is 3.27. The molecule has 1 amide bonds. The van der Waals surface area contributed by atoms with Crippen molar-refractivity contribution >= 4 is 22.4 Å². The minimum atomic E-state index is -0.0829. The van der Waals surface area contributed by atoms with Crippen molar-refractivity contribution in [1.82, 2.24) is 4.98 Å². The van der Waals surface area contributed by atoms with Crippen molar-refractivity contribution in [2.75, 3.05) is 5.32 Å². The molecule has 0 saturated heterocycles. The van der Waals surface area contributed by atoms with Gasteiger partial charge in [0.05, 0.1) is 0 Å². The Morgan fingerprint density at radius 3 is 2.94 bits per heavy atom. The fourth-order valence-corrected chi connectivity index (χ4v) is 2.18. The molecule has 17 heavy (non-hydrogen) atoms. The number of rotatable bonds is 3. The van der Waals surface area contributed by atoms with Crippen molar-refractivity contribution in [1.29, 1.82) is 0 Å². The topological polar surface area (TPSA) is 42.0 Å². The maximum atomic E-state index is 12.1. The zero-order chi connectivity index (χ0) is 12.3. The van der Waals surface area contributed by atoms with Crippen LogP contribution in [-0.4, -0.2) is 10.9 Å². The first kappa shape index (κ1) is 11.8. The minimum Gasteiger partial charge on any atom is -0.298 e. The molecule has 0 radical (unpaired) electrons. The quantitative estimate of drug-likeness (QED) is 0.903. The van der Waals surface area contributed by atoms with Crippen molar-refractivity contribution in [3.8, 4) is 0 Å². The third-order valence-electron chi connectivity index (χ3n) is 2.54. The highest BCUT2D eigenvalue weighted by Gasteiger charge is 2.11. The summed E-state index contributed by atoms with van der Waals surface area (Å²) in [6, 6.07) is 5.95. The molecule has 0 atom stereocenters. The van der Waals surface area contributed by atoms with Crippen LogP contribution in [-0.2, 0) is 6.42 Å². The Bertz CT molecular complexity index is 520. The summed E-state index contributed by atoms with van der Waals surface area (Å²) in [6.07, 6.45) is 2.53. The van der Waals surface area contributed by atoms with E-state index in [4.69, 9.17) is 0 Å². The molecular formula is C13H14N2OS. The third kappa shape index (κ3) is 2.71. The van der Waals surface area contributed by atoms with E-state index in [-0.39, 0.29) is 5.91 Å². The third-order valence-corrected chi connectivity index (χ3v) is 3.23. The van der Waals surface area contributed by atoms with E-state index in [1.165, 1.54) is 11.3 Å². The van der Waals surface area contributed by atoms with Gasteiger partial charge in [0, 0.05) is 17.1 Å². The molecule has 0 unspecified atom stereocenters. The number of nitrogens with one attached hydrogen (secondary N) is 1. The van der Waals surface area contributed by atoms with Crippen LogP contribution >= 0.6 is 11.3 Å². The molecule has 1 heterocycles. The van der Waals surface area contributed by atoms with Crippen LogP contribution in [0.5, 0.6) is 0 Å². The van der Waals surface area contributed by atoms with Gasteiger partial charge in [0.25, 0.3) is 5.91 Å². The van der Waals surface area contributed by atoms with E-state index in [0.717, 1.165) is 23.1 Å². The molecule has 0 bridgehead atoms. The van der Waals surface area contributed by atoms with E-state index in [1.807, 2.05) is 37.4 Å². The Kier molecular flexibility index (Phi) is 3.54. The standard InChI is InChI=1S/C13H14N2OS/c1-3-10-5-4-9(2)8-11(10)12(16)15-13-14-6-7-17-13/h4-8H,3H2,1-2H3,(H,14,15,16). The van der Waals surface area contributed by atoms with Gasteiger partial charge in [0.15, 0.2) is 5.13 Å². The molecule has 1 N–H and O–H groups in total. The van der Waals surface area contributed by atoms with Crippen LogP contribution in [0.2, 0.25) is 0 Å². The second-order valence-corrected chi connectivity index (χ2v) is 4.70. The molecule has 0 aliphatic rings. The van der Waals surface area contributed by atoms with Crippen LogP contribution in [0.4, 0.5) is 5.13 Å². The number of hydrogen-bond donors (Lipinski definition) is 1. The molecular weight excluding hydrogens is 232 g/mol. The summed E-state index contributed by atoms with van der Waals surface area (Å²) in [6.45, 7) is 4.03. The number of thiazole rings is 1. The normalized spacial score (nSPS) is 10.2. The molecule has 0 aliphatic heterocycles. The number of anilines is 1. The SMILES string of the molecule is CCc1ccc(C)cc1C(=O)Nc1nccs1. The molecule has 0 fully saturated rings. The average Bonchev–Trinajstić information content (AvgIpc) is 2.81. The van der Waals surface area contributed by atoms with Crippen LogP contribution in [0.25, 0.3) is 0 Å². The van der Waals surface area contributed by atoms with Crippen molar-refractivity contribution < 1.29 is 4.79 Å². The van der Waals surface area contributed by atoms with Crippen LogP contribution in [0.15, 0.2) is 29.8 Å². The predicted molar refractivity (Wildman–Crippen MR) is 70.6 cm³/mol. The first-order valence-corrected chi connectivity index (χ1v) is 6.39. The Morgan fingerprint density at radius 2 is 2.29 bits per heavy atom. The van der Waals surface area contributed by atoms with Crippen LogP contribution in [0.3, 0.4) is 0 Å². The average molecular weight is 246 g/mol. The Hall–Kier alpha value is -1.68. The zero-order valence-corrected chi connectivity index (χ0v) is 10.7. The number of aromatic nitrogens is 1. The van der Waals surface area contributed by atoms with Gasteiger partial charge in [-0.2, -0.15) is 0 Å². The fourth-order valence-electron chi connectivity index (χ4n) is 1.66. The number of carbonyl (C=O) groups excluding carboxylic acids is 1. The summed E-state index contributed by atoms with van der Waals surface area (Å²) < 4.78 is 0. The largest absolute Gasteiger partial charge is 0.298 e. The van der Waals surface area contributed by atoms with Crippen LogP contribution in [0.1, 0.15) is 28.4 Å². The molecule has 2 rings (SSSR count). The number of benzene rings is 1. The van der Waals surface area contributed by atoms with Crippen LogP contribution < -0.4 is 5.32 Å². The summed E-state index contributed by atoms with van der Waals surface area (Å²) >= 11 is 1.42. The van der Waals surface area contributed by atoms with E-state index in [1.54, 1.807) is 6.20 Å². The van der Waals surface area contributed by atoms with Gasteiger partial charge in [-0.3, -0.25) is 10.1 Å². The summed E-state index contributed by atoms with van der Waals surface area (Å²) in [7, 11) is 0. The second kappa shape index (κ2) is 5.10. The Balaban J connectivity index is 2.26. The maximum absolute atomic E-state index is 12.1. The first-order chi connectivity index (χ1) is 8.20. The number of aryl methyl sites for hydroxylation is 2. The zero-order valence-electron chi connectivity index (χ0n) is 9.86. The van der Waals surface area contributed by atoms with E-state index in [0.29, 0.717) is 5.13 Å². The molecule has 3 nitrogen and oxygen atoms in total. The lowest BCUT2D eigenvalue weighted by Crippen LogP contribution is -2.14. The van der Waals surface area contributed by atoms with Gasteiger partial charge in [-0.1, -0.05) is 24.6 Å². The molecule has 1 aromatic carbocycles. The Morgan fingerprint density at radius 1 is 1.47 bits per heavy atom. The summed E-state index contributed by atoms with van der Waals surface area (Å²) in [5.74, 6) is -0.0829. The smallest absolute Gasteiger partial charge is 0.257 e. The van der Waals surface area contributed by atoms with Gasteiger partial charge in [0.1, 0.15) is 0 Å². The lowest BCUT2D eigenvalue weighted by Gasteiger charge is -2.08. The van der Waals surface area contributed by atoms with Gasteiger partial charge in [0.2, 0.25) is 0 Å². The van der Waals surface area contributed by atoms with Crippen molar-refractivity contribution in [3.63, 3.8) is 0 Å². The number of carbonyl (C=O) groups is 1. The van der Waals surface area contributed by atoms with Gasteiger partial charge in [-0.25, -0.2) is 4.98 Å². The molecule has 0 spiro atoms. The molecule has 2 aromatic rings. The van der Waals surface area contributed by atoms with Crippen molar-refractivity contribution in [3.05, 3.63) is 46.5 Å². The van der Waals surface area contributed by atoms with Gasteiger partial charge in [-0.05, 0) is 25.0 Å². The molecule has 0 saturated carbocycles. The number of nitrogens with zero attached hydrogens (tertiary/aromatic N) is 1. The van der Waals surface area contributed by atoms with Crippen molar-refractivity contribution in [2.24, 2.45) is 0 Å². The highest BCUT2D eigenvalue weighted by molar-refractivity contribution is 7.13. The Labute approximate surface area is 105 Å². The van der Waals surface area contributed by atoms with Gasteiger partial charge in [-0.15, -0.1) is 11.3 Å². The van der Waals surface area contributed by atoms with Gasteiger partial charge >= 0.3 is 0 Å². The van der Waals surface area contributed by atoms with Crippen molar-refractivity contribution in [2.45, 2.75) is 20.3 Å². The molecule has 88 valence electrons. The summed E-state index contributed by atoms with van der Waals surface area (Å²) in [4.78, 5) is 16.1. The molecule has 0 aliphatic carbocycles. The molecule has 1 aromatic heterocycles.